The van der Waals surface area contributed by atoms with Gasteiger partial charge in [-0.15, -0.1) is 0 Å². The predicted molar refractivity (Wildman–Crippen MR) is 87.2 cm³/mol. The van der Waals surface area contributed by atoms with Gasteiger partial charge < -0.3 is 5.11 Å². The molecule has 23 heavy (non-hydrogen) atoms. The van der Waals surface area contributed by atoms with Crippen molar-refractivity contribution in [2.45, 2.75) is 50.3 Å². The van der Waals surface area contributed by atoms with Crippen molar-refractivity contribution in [1.29, 1.82) is 0 Å². The van der Waals surface area contributed by atoms with Crippen molar-refractivity contribution in [3.63, 3.8) is 0 Å². The van der Waals surface area contributed by atoms with Gasteiger partial charge in [0.1, 0.15) is 5.82 Å². The molecule has 126 valence electrons. The minimum atomic E-state index is -0.370. The molecule has 4 nitrogen and oxygen atoms in total. The third-order valence-electron chi connectivity index (χ3n) is 5.29. The number of aliphatic hydroxyl groups is 1. The van der Waals surface area contributed by atoms with Gasteiger partial charge in [-0.05, 0) is 49.6 Å². The van der Waals surface area contributed by atoms with Gasteiger partial charge in [-0.3, -0.25) is 15.2 Å². The molecule has 2 N–H and O–H groups in total. The summed E-state index contributed by atoms with van der Waals surface area (Å²) in [5.41, 5.74) is 6.29. The quantitative estimate of drug-likeness (QED) is 0.837. The smallest absolute Gasteiger partial charge is 0.123 e. The van der Waals surface area contributed by atoms with Crippen LogP contribution in [0.15, 0.2) is 35.5 Å². The molecule has 1 aromatic rings. The minimum absolute atomic E-state index is 0.0126. The van der Waals surface area contributed by atoms with Crippen LogP contribution in [0.25, 0.3) is 0 Å². The molecular weight excluding hydrogens is 295 g/mol. The number of nitrogens with one attached hydrogen (secondary N) is 1. The number of nitrogens with zero attached hydrogens (tertiary/aromatic N) is 1. The van der Waals surface area contributed by atoms with Crippen molar-refractivity contribution in [1.82, 2.24) is 10.4 Å². The average molecular weight is 320 g/mol. The number of likely N-dealkylation sites (N-methyl/N-ethyl adjacent to an activating group) is 1. The van der Waals surface area contributed by atoms with Crippen molar-refractivity contribution in [3.8, 4) is 0 Å². The zero-order valence-electron chi connectivity index (χ0n) is 13.9. The Hall–Kier alpha value is -1.43. The van der Waals surface area contributed by atoms with E-state index in [0.29, 0.717) is 6.04 Å². The highest BCUT2D eigenvalue weighted by molar-refractivity contribution is 5.39. The highest BCUT2D eigenvalue weighted by Crippen LogP contribution is 2.47. The number of halogens is 1. The minimum Gasteiger partial charge on any atom is -0.391 e. The van der Waals surface area contributed by atoms with Gasteiger partial charge in [0.05, 0.1) is 19.3 Å². The van der Waals surface area contributed by atoms with Gasteiger partial charge in [0, 0.05) is 17.7 Å². The maximum absolute atomic E-state index is 13.3. The summed E-state index contributed by atoms with van der Waals surface area (Å²) in [7, 11) is 3.68. The van der Waals surface area contributed by atoms with Gasteiger partial charge in [-0.2, -0.15) is 0 Å². The molecule has 2 aliphatic heterocycles. The number of aliphatic hydroxyl groups excluding tert-OH is 1. The number of allylic oxidation sites excluding steroid dienone is 1. The Balaban J connectivity index is 2.07. The molecule has 0 aromatic heterocycles. The van der Waals surface area contributed by atoms with Gasteiger partial charge >= 0.3 is 0 Å². The molecule has 0 spiro atoms. The lowest BCUT2D eigenvalue weighted by Crippen LogP contribution is -2.45. The van der Waals surface area contributed by atoms with E-state index in [2.05, 4.69) is 24.4 Å². The first-order chi connectivity index (χ1) is 11.1. The SMILES string of the molecule is CCC(NOC)=C1[C@H](c2ccc(F)cc2)CC2CC(O)[C@@H]1N2C. The van der Waals surface area contributed by atoms with Crippen LogP contribution in [-0.4, -0.2) is 42.4 Å². The molecule has 2 unspecified atom stereocenters. The largest absolute Gasteiger partial charge is 0.391 e. The first-order valence-corrected chi connectivity index (χ1v) is 8.24. The lowest BCUT2D eigenvalue weighted by atomic mass is 9.79. The highest BCUT2D eigenvalue weighted by Gasteiger charge is 2.48. The van der Waals surface area contributed by atoms with E-state index >= 15 is 0 Å². The molecule has 3 rings (SSSR count). The van der Waals surface area contributed by atoms with E-state index in [1.807, 2.05) is 12.1 Å². The normalized spacial score (nSPS) is 32.9. The topological polar surface area (TPSA) is 44.7 Å². The Morgan fingerprint density at radius 3 is 2.65 bits per heavy atom. The number of hydrogen-bond donors (Lipinski definition) is 2. The molecule has 2 saturated heterocycles. The second kappa shape index (κ2) is 6.59. The Bertz CT molecular complexity index is 587. The third-order valence-corrected chi connectivity index (χ3v) is 5.29. The maximum Gasteiger partial charge on any atom is 0.123 e. The van der Waals surface area contributed by atoms with Gasteiger partial charge in [0.25, 0.3) is 0 Å². The average Bonchev–Trinajstić information content (AvgIpc) is 2.72. The van der Waals surface area contributed by atoms with Crippen molar-refractivity contribution in [3.05, 3.63) is 46.9 Å². The molecular formula is C18H25FN2O2. The summed E-state index contributed by atoms with van der Waals surface area (Å²) in [6, 6.07) is 7.09. The summed E-state index contributed by atoms with van der Waals surface area (Å²) in [6.45, 7) is 2.07. The van der Waals surface area contributed by atoms with Crippen LogP contribution >= 0.6 is 0 Å². The summed E-state index contributed by atoms with van der Waals surface area (Å²) in [5.74, 6) is -0.0440. The second-order valence-corrected chi connectivity index (χ2v) is 6.50. The van der Waals surface area contributed by atoms with Gasteiger partial charge in [0.15, 0.2) is 0 Å². The lowest BCUT2D eigenvalue weighted by Gasteiger charge is -2.40. The van der Waals surface area contributed by atoms with Crippen LogP contribution in [0.3, 0.4) is 0 Å². The summed E-state index contributed by atoms with van der Waals surface area (Å²) in [6.07, 6.45) is 2.14. The third kappa shape index (κ3) is 2.89. The number of benzene rings is 1. The molecule has 0 saturated carbocycles. The van der Waals surface area contributed by atoms with Crippen LogP contribution in [0.1, 0.15) is 37.7 Å². The Morgan fingerprint density at radius 1 is 1.35 bits per heavy atom. The van der Waals surface area contributed by atoms with Crippen LogP contribution in [0, 0.1) is 5.82 Å². The summed E-state index contributed by atoms with van der Waals surface area (Å²) < 4.78 is 13.3. The summed E-state index contributed by atoms with van der Waals surface area (Å²) in [5, 5.41) is 10.6. The molecule has 0 amide bonds. The molecule has 2 heterocycles. The summed E-state index contributed by atoms with van der Waals surface area (Å²) in [4.78, 5) is 7.43. The number of hydrogen-bond acceptors (Lipinski definition) is 4. The second-order valence-electron chi connectivity index (χ2n) is 6.50. The Morgan fingerprint density at radius 2 is 2.04 bits per heavy atom. The van der Waals surface area contributed by atoms with Crippen molar-refractivity contribution in [2.75, 3.05) is 14.2 Å². The van der Waals surface area contributed by atoms with E-state index in [0.717, 1.165) is 30.5 Å². The molecule has 2 fully saturated rings. The molecule has 4 atom stereocenters. The molecule has 5 heteroatoms. The standard InChI is InChI=1S/C18H25FN2O2/c1-4-15(20-23-3)17-14(11-5-7-12(19)8-6-11)9-13-10-16(22)18(17)21(13)2/h5-8,13-14,16,18,20,22H,4,9-10H2,1-3H3/t13?,14-,16?,18-/m0/s1. The van der Waals surface area contributed by atoms with Crippen LogP contribution in [0.5, 0.6) is 0 Å². The van der Waals surface area contributed by atoms with Crippen LogP contribution in [0.4, 0.5) is 4.39 Å². The van der Waals surface area contributed by atoms with E-state index in [1.54, 1.807) is 7.11 Å². The fourth-order valence-electron chi connectivity index (χ4n) is 4.22. The lowest BCUT2D eigenvalue weighted by molar-refractivity contribution is 0.101. The Labute approximate surface area is 136 Å². The van der Waals surface area contributed by atoms with E-state index in [4.69, 9.17) is 4.84 Å². The fraction of sp³-hybridized carbons (Fsp3) is 0.556. The highest BCUT2D eigenvalue weighted by atomic mass is 19.1. The zero-order chi connectivity index (χ0) is 16.6. The zero-order valence-corrected chi connectivity index (χ0v) is 13.9. The van der Waals surface area contributed by atoms with Crippen LogP contribution in [-0.2, 0) is 4.84 Å². The van der Waals surface area contributed by atoms with Crippen molar-refractivity contribution in [2.24, 2.45) is 0 Å². The Kier molecular flexibility index (Phi) is 4.71. The summed E-state index contributed by atoms with van der Waals surface area (Å²) >= 11 is 0. The number of fused-ring (bicyclic) bond motifs is 2. The predicted octanol–water partition coefficient (Wildman–Crippen LogP) is 2.56. The van der Waals surface area contributed by atoms with Crippen molar-refractivity contribution >= 4 is 0 Å². The van der Waals surface area contributed by atoms with E-state index in [1.165, 1.54) is 17.7 Å². The van der Waals surface area contributed by atoms with Gasteiger partial charge in [-0.25, -0.2) is 4.39 Å². The van der Waals surface area contributed by atoms with E-state index < -0.39 is 0 Å². The number of hydroxylamine groups is 1. The first kappa shape index (κ1) is 16.4. The van der Waals surface area contributed by atoms with E-state index in [9.17, 15) is 9.50 Å². The monoisotopic (exact) mass is 320 g/mol. The molecule has 1 aromatic carbocycles. The van der Waals surface area contributed by atoms with Crippen LogP contribution < -0.4 is 5.48 Å². The molecule has 0 aliphatic carbocycles. The molecule has 2 bridgehead atoms. The number of rotatable bonds is 4. The molecule has 0 radical (unpaired) electrons. The van der Waals surface area contributed by atoms with Gasteiger partial charge in [0.2, 0.25) is 0 Å². The van der Waals surface area contributed by atoms with Crippen molar-refractivity contribution < 1.29 is 14.3 Å². The fourth-order valence-corrected chi connectivity index (χ4v) is 4.22. The van der Waals surface area contributed by atoms with Gasteiger partial charge in [-0.1, -0.05) is 19.1 Å². The number of piperidine rings is 1. The van der Waals surface area contributed by atoms with E-state index in [-0.39, 0.29) is 23.9 Å². The molecule has 2 aliphatic rings. The van der Waals surface area contributed by atoms with Crippen LogP contribution in [0.2, 0.25) is 0 Å². The first-order valence-electron chi connectivity index (χ1n) is 8.24. The maximum atomic E-state index is 13.3.